The van der Waals surface area contributed by atoms with Gasteiger partial charge in [0.25, 0.3) is 0 Å². The summed E-state index contributed by atoms with van der Waals surface area (Å²) in [6, 6.07) is 0. The molecule has 0 heterocycles. The molecule has 0 saturated carbocycles. The maximum Gasteiger partial charge on any atom is 0.0378 e. The van der Waals surface area contributed by atoms with Crippen molar-refractivity contribution in [2.75, 3.05) is 0 Å². The summed E-state index contributed by atoms with van der Waals surface area (Å²) < 4.78 is 0. The van der Waals surface area contributed by atoms with Crippen LogP contribution < -0.4 is 0 Å². The van der Waals surface area contributed by atoms with Gasteiger partial charge in [0.2, 0.25) is 0 Å². The second-order valence-electron chi connectivity index (χ2n) is 2.61. The molecule has 1 aliphatic rings. The summed E-state index contributed by atoms with van der Waals surface area (Å²) in [6.45, 7) is 4.21. The van der Waals surface area contributed by atoms with Crippen LogP contribution in [0.4, 0.5) is 0 Å². The van der Waals surface area contributed by atoms with E-state index in [0.717, 1.165) is 6.42 Å². The minimum atomic E-state index is 0.144. The van der Waals surface area contributed by atoms with E-state index in [4.69, 9.17) is 0 Å². The smallest absolute Gasteiger partial charge is 0.0378 e. The molecule has 0 nitrogen and oxygen atoms in total. The molecule has 0 saturated heterocycles. The third-order valence-corrected chi connectivity index (χ3v) is 1.08. The molecule has 8 heavy (non-hydrogen) atoms. The fourth-order valence-electron chi connectivity index (χ4n) is 0.554. The molecule has 0 atom stereocenters. The van der Waals surface area contributed by atoms with Gasteiger partial charge in [-0.3, -0.25) is 0 Å². The van der Waals surface area contributed by atoms with E-state index in [2.05, 4.69) is 37.5 Å². The van der Waals surface area contributed by atoms with Crippen LogP contribution in [-0.4, -0.2) is 0 Å². The van der Waals surface area contributed by atoms with Crippen molar-refractivity contribution in [2.24, 2.45) is 5.41 Å². The van der Waals surface area contributed by atoms with Gasteiger partial charge in [-0.2, -0.15) is 0 Å². The fourth-order valence-corrected chi connectivity index (χ4v) is 0.554. The highest BCUT2D eigenvalue weighted by atomic mass is 14.1. The maximum atomic E-state index is 3.03. The molecule has 0 aliphatic heterocycles. The van der Waals surface area contributed by atoms with E-state index in [1.165, 1.54) is 0 Å². The van der Waals surface area contributed by atoms with E-state index in [0.29, 0.717) is 0 Å². The highest BCUT2D eigenvalue weighted by Gasteiger charge is 2.12. The number of hydrogen-bond acceptors (Lipinski definition) is 0. The van der Waals surface area contributed by atoms with Crippen molar-refractivity contribution in [2.45, 2.75) is 20.3 Å². The normalized spacial score (nSPS) is 19.8. The van der Waals surface area contributed by atoms with Gasteiger partial charge in [0, 0.05) is 11.8 Å². The van der Waals surface area contributed by atoms with Crippen molar-refractivity contribution in [1.29, 1.82) is 0 Å². The van der Waals surface area contributed by atoms with E-state index < -0.39 is 0 Å². The first-order valence-electron chi connectivity index (χ1n) is 2.71. The van der Waals surface area contributed by atoms with Gasteiger partial charge in [-0.1, -0.05) is 11.8 Å². The zero-order chi connectivity index (χ0) is 6.04. The Morgan fingerprint density at radius 2 is 2.00 bits per heavy atom. The lowest BCUT2D eigenvalue weighted by atomic mass is 9.89. The third kappa shape index (κ3) is 1.04. The summed E-state index contributed by atoms with van der Waals surface area (Å²) in [5, 5.41) is 0. The molecule has 0 spiro atoms. The Hall–Kier alpha value is -0.880. The van der Waals surface area contributed by atoms with Crippen LogP contribution in [0.25, 0.3) is 0 Å². The van der Waals surface area contributed by atoms with Gasteiger partial charge in [0.15, 0.2) is 0 Å². The van der Waals surface area contributed by atoms with E-state index in [1.807, 2.05) is 0 Å². The van der Waals surface area contributed by atoms with Gasteiger partial charge >= 0.3 is 0 Å². The zero-order valence-corrected chi connectivity index (χ0v) is 5.21. The van der Waals surface area contributed by atoms with Crippen molar-refractivity contribution >= 4 is 0 Å². The van der Waals surface area contributed by atoms with Crippen LogP contribution in [0.15, 0.2) is 0 Å². The van der Waals surface area contributed by atoms with E-state index in [9.17, 15) is 0 Å². The Balaban J connectivity index is 2.79. The van der Waals surface area contributed by atoms with Gasteiger partial charge in [0.05, 0.1) is 0 Å². The Bertz CT molecular complexity index is 200. The lowest BCUT2D eigenvalue weighted by Gasteiger charge is -2.13. The Morgan fingerprint density at radius 3 is 2.25 bits per heavy atom. The topological polar surface area (TPSA) is 0 Å². The van der Waals surface area contributed by atoms with Crippen molar-refractivity contribution in [3.8, 4) is 23.7 Å². The van der Waals surface area contributed by atoms with Crippen LogP contribution >= 0.6 is 0 Å². The van der Waals surface area contributed by atoms with Crippen LogP contribution in [0.3, 0.4) is 0 Å². The van der Waals surface area contributed by atoms with Crippen LogP contribution in [0, 0.1) is 29.1 Å². The van der Waals surface area contributed by atoms with E-state index >= 15 is 0 Å². The van der Waals surface area contributed by atoms with Crippen molar-refractivity contribution in [1.82, 2.24) is 0 Å². The summed E-state index contributed by atoms with van der Waals surface area (Å²) in [5.41, 5.74) is 0.144. The largest absolute Gasteiger partial charge is 0.0875 e. The summed E-state index contributed by atoms with van der Waals surface area (Å²) in [7, 11) is 0. The van der Waals surface area contributed by atoms with Crippen molar-refractivity contribution < 1.29 is 0 Å². The quantitative estimate of drug-likeness (QED) is 0.408. The number of hydrogen-bond donors (Lipinski definition) is 0. The molecule has 0 unspecified atom stereocenters. The fraction of sp³-hybridized carbons (Fsp3) is 0.500. The first-order chi connectivity index (χ1) is 3.71. The molecule has 1 aliphatic carbocycles. The zero-order valence-electron chi connectivity index (χ0n) is 5.21. The molecule has 40 valence electrons. The second-order valence-corrected chi connectivity index (χ2v) is 2.61. The molecule has 0 aromatic heterocycles. The molecular weight excluding hydrogens is 96.1 g/mol. The monoisotopic (exact) mass is 104 g/mol. The predicted octanol–water partition coefficient (Wildman–Crippen LogP) is 1.42. The van der Waals surface area contributed by atoms with Crippen LogP contribution in [0.2, 0.25) is 0 Å². The molecule has 0 fully saturated rings. The average molecular weight is 104 g/mol. The highest BCUT2D eigenvalue weighted by molar-refractivity contribution is 5.33. The predicted molar refractivity (Wildman–Crippen MR) is 33.9 cm³/mol. The Labute approximate surface area is 50.3 Å². The minimum absolute atomic E-state index is 0.144. The SMILES string of the molecule is CC1(C)C#CC#CC1. The van der Waals surface area contributed by atoms with Crippen LogP contribution in [0.5, 0.6) is 0 Å². The molecule has 0 heteroatoms. The molecular formula is C8H8. The van der Waals surface area contributed by atoms with Crippen molar-refractivity contribution in [3.63, 3.8) is 0 Å². The molecule has 0 radical (unpaired) electrons. The summed E-state index contributed by atoms with van der Waals surface area (Å²) in [6.07, 6.45) is 0.917. The van der Waals surface area contributed by atoms with Gasteiger partial charge in [0.1, 0.15) is 0 Å². The first-order valence-corrected chi connectivity index (χ1v) is 2.71. The van der Waals surface area contributed by atoms with Gasteiger partial charge in [-0.25, -0.2) is 0 Å². The summed E-state index contributed by atoms with van der Waals surface area (Å²) in [5.74, 6) is 11.5. The molecule has 0 bridgehead atoms. The average Bonchev–Trinajstić information content (AvgIpc) is 1.65. The molecule has 0 aromatic carbocycles. The summed E-state index contributed by atoms with van der Waals surface area (Å²) in [4.78, 5) is 0. The van der Waals surface area contributed by atoms with Gasteiger partial charge < -0.3 is 0 Å². The lowest BCUT2D eigenvalue weighted by Crippen LogP contribution is -2.07. The summed E-state index contributed by atoms with van der Waals surface area (Å²) >= 11 is 0. The second kappa shape index (κ2) is 1.57. The van der Waals surface area contributed by atoms with E-state index in [1.54, 1.807) is 0 Å². The molecule has 0 amide bonds. The lowest BCUT2D eigenvalue weighted by molar-refractivity contribution is 0.520. The Kier molecular flexibility index (Phi) is 1.03. The van der Waals surface area contributed by atoms with Crippen molar-refractivity contribution in [3.05, 3.63) is 0 Å². The molecule has 1 rings (SSSR count). The van der Waals surface area contributed by atoms with Crippen LogP contribution in [-0.2, 0) is 0 Å². The standard InChI is InChI=1S/C8H8/c1-8(2)6-4-3-5-7-8/h6H2,1-2H3. The number of rotatable bonds is 0. The van der Waals surface area contributed by atoms with Gasteiger partial charge in [-0.15, -0.1) is 0 Å². The Morgan fingerprint density at radius 1 is 1.25 bits per heavy atom. The molecule has 0 N–H and O–H groups in total. The maximum absolute atomic E-state index is 3.03. The minimum Gasteiger partial charge on any atom is -0.0875 e. The highest BCUT2D eigenvalue weighted by Crippen LogP contribution is 2.18. The van der Waals surface area contributed by atoms with E-state index in [-0.39, 0.29) is 5.41 Å². The van der Waals surface area contributed by atoms with Gasteiger partial charge in [-0.05, 0) is 25.7 Å². The first kappa shape index (κ1) is 5.26. The molecule has 0 aromatic rings. The third-order valence-electron chi connectivity index (χ3n) is 1.08. The van der Waals surface area contributed by atoms with Crippen LogP contribution in [0.1, 0.15) is 20.3 Å².